The fraction of sp³-hybridized carbons (Fsp3) is 0.125. The molecule has 0 aromatic heterocycles. The minimum atomic E-state index is -0.509. The number of carbonyl (C=O) groups is 2. The molecule has 0 atom stereocenters. The summed E-state index contributed by atoms with van der Waals surface area (Å²) in [5.74, 6) is -1.02. The normalized spacial score (nSPS) is 10.0. The van der Waals surface area contributed by atoms with E-state index in [0.717, 1.165) is 11.1 Å². The van der Waals surface area contributed by atoms with E-state index in [1.807, 2.05) is 38.1 Å². The lowest BCUT2D eigenvalue weighted by Gasteiger charge is -2.02. The number of amides is 2. The van der Waals surface area contributed by atoms with Crippen molar-refractivity contribution in [3.63, 3.8) is 0 Å². The van der Waals surface area contributed by atoms with Crippen LogP contribution in [0.1, 0.15) is 31.8 Å². The molecule has 0 heterocycles. The summed E-state index contributed by atoms with van der Waals surface area (Å²) in [4.78, 5) is 23.6. The summed E-state index contributed by atoms with van der Waals surface area (Å²) in [6.07, 6.45) is 0. The maximum atomic E-state index is 11.8. The van der Waals surface area contributed by atoms with Gasteiger partial charge in [0, 0.05) is 11.1 Å². The van der Waals surface area contributed by atoms with Crippen LogP contribution >= 0.6 is 0 Å². The van der Waals surface area contributed by atoms with Crippen molar-refractivity contribution in [1.82, 2.24) is 5.32 Å². The van der Waals surface area contributed by atoms with E-state index in [2.05, 4.69) is 5.32 Å². The first-order chi connectivity index (χ1) is 9.06. The molecule has 0 unspecified atom stereocenters. The van der Waals surface area contributed by atoms with E-state index in [4.69, 9.17) is 0 Å². The number of hydrogen-bond donors (Lipinski definition) is 0. The lowest BCUT2D eigenvalue weighted by Crippen LogP contribution is -2.23. The quantitative estimate of drug-likeness (QED) is 0.771. The maximum absolute atomic E-state index is 11.8. The standard InChI is InChI=1S/C16H14NO2/c1-11-3-7-13(8-4-11)15(18)17-16(19)14-9-5-12(2)6-10-14/h3-10H,1-2H3. The first-order valence-electron chi connectivity index (χ1n) is 6.00. The average Bonchev–Trinajstić information content (AvgIpc) is 2.40. The molecule has 0 saturated heterocycles. The number of benzene rings is 2. The second-order valence-corrected chi connectivity index (χ2v) is 4.45. The van der Waals surface area contributed by atoms with Crippen LogP contribution in [0, 0.1) is 13.8 Å². The van der Waals surface area contributed by atoms with Gasteiger partial charge in [-0.25, -0.2) is 0 Å². The molecule has 0 saturated carbocycles. The molecule has 3 nitrogen and oxygen atoms in total. The van der Waals surface area contributed by atoms with Crippen molar-refractivity contribution < 1.29 is 9.59 Å². The van der Waals surface area contributed by atoms with Gasteiger partial charge in [0.2, 0.25) is 0 Å². The Morgan fingerprint density at radius 1 is 0.684 bits per heavy atom. The van der Waals surface area contributed by atoms with Crippen molar-refractivity contribution in [3.05, 3.63) is 70.8 Å². The first kappa shape index (κ1) is 13.0. The van der Waals surface area contributed by atoms with Crippen molar-refractivity contribution in [3.8, 4) is 0 Å². The Balaban J connectivity index is 2.08. The zero-order chi connectivity index (χ0) is 13.8. The number of nitrogens with zero attached hydrogens (tertiary/aromatic N) is 1. The van der Waals surface area contributed by atoms with Gasteiger partial charge in [-0.05, 0) is 38.1 Å². The minimum Gasteiger partial charge on any atom is -0.267 e. The molecule has 95 valence electrons. The predicted octanol–water partition coefficient (Wildman–Crippen LogP) is 2.89. The lowest BCUT2D eigenvalue weighted by molar-refractivity contribution is 0.0843. The largest absolute Gasteiger partial charge is 0.280 e. The Morgan fingerprint density at radius 3 is 1.32 bits per heavy atom. The first-order valence-corrected chi connectivity index (χ1v) is 6.00. The molecule has 3 heteroatoms. The van der Waals surface area contributed by atoms with Crippen molar-refractivity contribution in [2.45, 2.75) is 13.8 Å². The Morgan fingerprint density at radius 2 is 1.00 bits per heavy atom. The smallest absolute Gasteiger partial charge is 0.267 e. The highest BCUT2D eigenvalue weighted by Gasteiger charge is 2.14. The highest BCUT2D eigenvalue weighted by Crippen LogP contribution is 2.06. The monoisotopic (exact) mass is 252 g/mol. The van der Waals surface area contributed by atoms with Crippen LogP contribution in [0.5, 0.6) is 0 Å². The van der Waals surface area contributed by atoms with Crippen molar-refractivity contribution in [1.29, 1.82) is 0 Å². The summed E-state index contributed by atoms with van der Waals surface area (Å²) in [5.41, 5.74) is 2.96. The van der Waals surface area contributed by atoms with Crippen LogP contribution < -0.4 is 5.32 Å². The third-order valence-corrected chi connectivity index (χ3v) is 2.80. The fourth-order valence-corrected chi connectivity index (χ4v) is 1.61. The molecule has 1 radical (unpaired) electrons. The zero-order valence-corrected chi connectivity index (χ0v) is 10.9. The lowest BCUT2D eigenvalue weighted by atomic mass is 10.1. The molecule has 2 aromatic rings. The van der Waals surface area contributed by atoms with E-state index in [0.29, 0.717) is 11.1 Å². The predicted molar refractivity (Wildman–Crippen MR) is 73.2 cm³/mol. The molecule has 2 rings (SSSR count). The Labute approximate surface area is 112 Å². The summed E-state index contributed by atoms with van der Waals surface area (Å²) < 4.78 is 0. The van der Waals surface area contributed by atoms with Crippen LogP contribution in [-0.2, 0) is 0 Å². The van der Waals surface area contributed by atoms with Gasteiger partial charge in [0.25, 0.3) is 11.8 Å². The van der Waals surface area contributed by atoms with E-state index in [-0.39, 0.29) is 0 Å². The van der Waals surface area contributed by atoms with Gasteiger partial charge in [-0.3, -0.25) is 9.59 Å². The van der Waals surface area contributed by atoms with Crippen LogP contribution in [0.2, 0.25) is 0 Å². The SMILES string of the molecule is Cc1ccc(C(=O)[N]C(=O)c2ccc(C)cc2)cc1. The Hall–Kier alpha value is -2.42. The number of hydrogen-bond acceptors (Lipinski definition) is 2. The van der Waals surface area contributed by atoms with Gasteiger partial charge in [-0.2, -0.15) is 5.32 Å². The highest BCUT2D eigenvalue weighted by atomic mass is 16.2. The van der Waals surface area contributed by atoms with E-state index in [1.165, 1.54) is 0 Å². The number of aryl methyl sites for hydroxylation is 2. The van der Waals surface area contributed by atoms with Gasteiger partial charge >= 0.3 is 0 Å². The Kier molecular flexibility index (Phi) is 3.76. The molecule has 2 amide bonds. The molecule has 0 aliphatic carbocycles. The van der Waals surface area contributed by atoms with Crippen molar-refractivity contribution in [2.24, 2.45) is 0 Å². The molecular formula is C16H14NO2. The van der Waals surface area contributed by atoms with Gasteiger partial charge in [0.05, 0.1) is 0 Å². The molecular weight excluding hydrogens is 238 g/mol. The Bertz CT molecular complexity index is 542. The summed E-state index contributed by atoms with van der Waals surface area (Å²) in [6, 6.07) is 14.0. The summed E-state index contributed by atoms with van der Waals surface area (Å²) in [6.45, 7) is 3.87. The van der Waals surface area contributed by atoms with E-state index in [9.17, 15) is 9.59 Å². The van der Waals surface area contributed by atoms with Crippen LogP contribution in [0.15, 0.2) is 48.5 Å². The van der Waals surface area contributed by atoms with Gasteiger partial charge in [-0.15, -0.1) is 0 Å². The third kappa shape index (κ3) is 3.28. The van der Waals surface area contributed by atoms with Crippen molar-refractivity contribution >= 4 is 11.8 Å². The fourth-order valence-electron chi connectivity index (χ4n) is 1.61. The summed E-state index contributed by atoms with van der Waals surface area (Å²) in [7, 11) is 0. The number of carbonyl (C=O) groups excluding carboxylic acids is 2. The van der Waals surface area contributed by atoms with Crippen LogP contribution in [0.25, 0.3) is 0 Å². The molecule has 0 aliphatic rings. The van der Waals surface area contributed by atoms with Gasteiger partial charge in [0.1, 0.15) is 0 Å². The summed E-state index contributed by atoms with van der Waals surface area (Å²) in [5, 5.41) is 3.60. The summed E-state index contributed by atoms with van der Waals surface area (Å²) >= 11 is 0. The van der Waals surface area contributed by atoms with Crippen LogP contribution in [0.3, 0.4) is 0 Å². The second-order valence-electron chi connectivity index (χ2n) is 4.45. The molecule has 0 fully saturated rings. The van der Waals surface area contributed by atoms with E-state index < -0.39 is 11.8 Å². The third-order valence-electron chi connectivity index (χ3n) is 2.80. The molecule has 0 spiro atoms. The molecule has 0 aliphatic heterocycles. The minimum absolute atomic E-state index is 0.422. The van der Waals surface area contributed by atoms with E-state index >= 15 is 0 Å². The van der Waals surface area contributed by atoms with Crippen molar-refractivity contribution in [2.75, 3.05) is 0 Å². The van der Waals surface area contributed by atoms with E-state index in [1.54, 1.807) is 24.3 Å². The second kappa shape index (κ2) is 5.48. The van der Waals surface area contributed by atoms with Gasteiger partial charge in [-0.1, -0.05) is 35.4 Å². The van der Waals surface area contributed by atoms with Gasteiger partial charge < -0.3 is 0 Å². The van der Waals surface area contributed by atoms with Crippen LogP contribution in [0.4, 0.5) is 0 Å². The zero-order valence-electron chi connectivity index (χ0n) is 10.9. The number of imide groups is 1. The van der Waals surface area contributed by atoms with Gasteiger partial charge in [0.15, 0.2) is 0 Å². The maximum Gasteiger partial charge on any atom is 0.280 e. The number of rotatable bonds is 2. The van der Waals surface area contributed by atoms with Crippen LogP contribution in [-0.4, -0.2) is 11.8 Å². The molecule has 2 aromatic carbocycles. The topological polar surface area (TPSA) is 48.2 Å². The molecule has 0 bridgehead atoms. The highest BCUT2D eigenvalue weighted by molar-refractivity contribution is 6.09. The molecule has 0 N–H and O–H groups in total. The average molecular weight is 252 g/mol. The molecule has 19 heavy (non-hydrogen) atoms.